The van der Waals surface area contributed by atoms with Crippen LogP contribution in [0.3, 0.4) is 0 Å². The van der Waals surface area contributed by atoms with Crippen molar-refractivity contribution in [2.24, 2.45) is 7.05 Å². The molecular formula is C15H24N2O2. The fourth-order valence-electron chi connectivity index (χ4n) is 2.56. The lowest BCUT2D eigenvalue weighted by Crippen LogP contribution is -2.20. The molecule has 1 aromatic rings. The molecule has 4 heteroatoms. The highest BCUT2D eigenvalue weighted by Crippen LogP contribution is 2.17. The van der Waals surface area contributed by atoms with Crippen LogP contribution < -0.4 is 0 Å². The first-order chi connectivity index (χ1) is 9.19. The number of hydrogen-bond acceptors (Lipinski definition) is 3. The molecule has 106 valence electrons. The second-order valence-corrected chi connectivity index (χ2v) is 5.35. The molecule has 0 N–H and O–H groups in total. The van der Waals surface area contributed by atoms with Crippen LogP contribution in [-0.4, -0.2) is 28.3 Å². The van der Waals surface area contributed by atoms with Gasteiger partial charge in [-0.3, -0.25) is 9.48 Å². The van der Waals surface area contributed by atoms with Crippen molar-refractivity contribution in [1.82, 2.24) is 9.78 Å². The van der Waals surface area contributed by atoms with Crippen molar-refractivity contribution in [2.45, 2.75) is 58.0 Å². The first-order valence-electron chi connectivity index (χ1n) is 7.34. The molecule has 0 bridgehead atoms. The first-order valence-corrected chi connectivity index (χ1v) is 7.34. The minimum atomic E-state index is 0.292. The average Bonchev–Trinajstić information content (AvgIpc) is 2.78. The van der Waals surface area contributed by atoms with E-state index in [4.69, 9.17) is 4.74 Å². The van der Waals surface area contributed by atoms with Gasteiger partial charge >= 0.3 is 0 Å². The van der Waals surface area contributed by atoms with Crippen LogP contribution in [-0.2, 0) is 29.4 Å². The lowest BCUT2D eigenvalue weighted by Gasteiger charge is -2.22. The monoisotopic (exact) mass is 264 g/mol. The molecule has 1 aromatic heterocycles. The summed E-state index contributed by atoms with van der Waals surface area (Å²) in [5.74, 6) is 0.292. The average molecular weight is 264 g/mol. The second-order valence-electron chi connectivity index (χ2n) is 5.35. The molecule has 0 radical (unpaired) electrons. The standard InChI is InChI=1S/C15H24N2O2/c1-3-12-10-13(17(2)16-12)11-14(18)7-8-15-6-4-5-9-19-15/h10,15H,3-9,11H2,1-2H3. The molecule has 2 heterocycles. The van der Waals surface area contributed by atoms with E-state index in [9.17, 15) is 4.79 Å². The minimum Gasteiger partial charge on any atom is -0.378 e. The summed E-state index contributed by atoms with van der Waals surface area (Å²) in [6, 6.07) is 2.04. The van der Waals surface area contributed by atoms with E-state index >= 15 is 0 Å². The predicted octanol–water partition coefficient (Wildman–Crippen LogP) is 2.44. The number of hydrogen-bond donors (Lipinski definition) is 0. The maximum atomic E-state index is 12.0. The second kappa shape index (κ2) is 6.85. The Hall–Kier alpha value is -1.16. The molecule has 19 heavy (non-hydrogen) atoms. The van der Waals surface area contributed by atoms with Crippen molar-refractivity contribution in [3.63, 3.8) is 0 Å². The van der Waals surface area contributed by atoms with E-state index in [1.54, 1.807) is 0 Å². The zero-order chi connectivity index (χ0) is 13.7. The number of ether oxygens (including phenoxy) is 1. The van der Waals surface area contributed by atoms with Gasteiger partial charge in [0.15, 0.2) is 0 Å². The molecule has 0 spiro atoms. The van der Waals surface area contributed by atoms with E-state index in [0.717, 1.165) is 37.3 Å². The number of carbonyl (C=O) groups excluding carboxylic acids is 1. The summed E-state index contributed by atoms with van der Waals surface area (Å²) in [5, 5.41) is 4.37. The van der Waals surface area contributed by atoms with Crippen LogP contribution in [0.4, 0.5) is 0 Å². The molecule has 4 nitrogen and oxygen atoms in total. The van der Waals surface area contributed by atoms with Gasteiger partial charge < -0.3 is 4.74 Å². The van der Waals surface area contributed by atoms with E-state index in [2.05, 4.69) is 12.0 Å². The van der Waals surface area contributed by atoms with Gasteiger partial charge in [0.05, 0.1) is 11.8 Å². The fraction of sp³-hybridized carbons (Fsp3) is 0.733. The van der Waals surface area contributed by atoms with E-state index in [1.807, 2.05) is 17.8 Å². The van der Waals surface area contributed by atoms with Gasteiger partial charge in [-0.2, -0.15) is 5.10 Å². The third-order valence-corrected chi connectivity index (χ3v) is 3.79. The van der Waals surface area contributed by atoms with Crippen LogP contribution in [0.1, 0.15) is 50.4 Å². The highest BCUT2D eigenvalue weighted by atomic mass is 16.5. The molecular weight excluding hydrogens is 240 g/mol. The topological polar surface area (TPSA) is 44.1 Å². The Labute approximate surface area is 115 Å². The van der Waals surface area contributed by atoms with Gasteiger partial charge in [-0.05, 0) is 38.2 Å². The fourth-order valence-corrected chi connectivity index (χ4v) is 2.56. The number of ketones is 1. The van der Waals surface area contributed by atoms with Crippen molar-refractivity contribution in [3.8, 4) is 0 Å². The van der Waals surface area contributed by atoms with Crippen LogP contribution in [0.5, 0.6) is 0 Å². The molecule has 0 saturated carbocycles. The lowest BCUT2D eigenvalue weighted by molar-refractivity contribution is -0.119. The molecule has 0 amide bonds. The van der Waals surface area contributed by atoms with Gasteiger partial charge in [0.1, 0.15) is 5.78 Å². The van der Waals surface area contributed by atoms with Gasteiger partial charge in [-0.1, -0.05) is 6.92 Å². The Bertz CT molecular complexity index is 420. The zero-order valence-corrected chi connectivity index (χ0v) is 12.0. The summed E-state index contributed by atoms with van der Waals surface area (Å²) in [5.41, 5.74) is 2.08. The SMILES string of the molecule is CCc1cc(CC(=O)CCC2CCCCO2)n(C)n1. The quantitative estimate of drug-likeness (QED) is 0.792. The molecule has 1 unspecified atom stereocenters. The minimum absolute atomic E-state index is 0.292. The van der Waals surface area contributed by atoms with Gasteiger partial charge in [0.25, 0.3) is 0 Å². The van der Waals surface area contributed by atoms with Crippen molar-refractivity contribution in [3.05, 3.63) is 17.5 Å². The normalized spacial score (nSPS) is 19.6. The molecule has 1 aliphatic heterocycles. The smallest absolute Gasteiger partial charge is 0.138 e. The molecule has 1 fully saturated rings. The van der Waals surface area contributed by atoms with Crippen LogP contribution in [0.15, 0.2) is 6.07 Å². The van der Waals surface area contributed by atoms with Crippen molar-refractivity contribution >= 4 is 5.78 Å². The van der Waals surface area contributed by atoms with E-state index in [-0.39, 0.29) is 0 Å². The lowest BCUT2D eigenvalue weighted by atomic mass is 10.0. The summed E-state index contributed by atoms with van der Waals surface area (Å²) < 4.78 is 7.48. The molecule has 1 aliphatic rings. The van der Waals surface area contributed by atoms with Crippen LogP contribution >= 0.6 is 0 Å². The number of carbonyl (C=O) groups is 1. The summed E-state index contributed by atoms with van der Waals surface area (Å²) in [4.78, 5) is 12.0. The van der Waals surface area contributed by atoms with Crippen molar-refractivity contribution in [1.29, 1.82) is 0 Å². The van der Waals surface area contributed by atoms with E-state index < -0.39 is 0 Å². The Morgan fingerprint density at radius 3 is 3.00 bits per heavy atom. The molecule has 1 saturated heterocycles. The van der Waals surface area contributed by atoms with E-state index in [1.165, 1.54) is 12.8 Å². The van der Waals surface area contributed by atoms with Gasteiger partial charge in [-0.15, -0.1) is 0 Å². The molecule has 2 rings (SSSR count). The van der Waals surface area contributed by atoms with Crippen LogP contribution in [0.2, 0.25) is 0 Å². The van der Waals surface area contributed by atoms with Gasteiger partial charge in [0.2, 0.25) is 0 Å². The Morgan fingerprint density at radius 2 is 2.37 bits per heavy atom. The summed E-state index contributed by atoms with van der Waals surface area (Å²) in [6.07, 6.45) is 6.72. The zero-order valence-electron chi connectivity index (χ0n) is 12.0. The highest BCUT2D eigenvalue weighted by Gasteiger charge is 2.16. The summed E-state index contributed by atoms with van der Waals surface area (Å²) in [7, 11) is 1.91. The maximum absolute atomic E-state index is 12.0. The Kier molecular flexibility index (Phi) is 5.14. The number of aromatic nitrogens is 2. The summed E-state index contributed by atoms with van der Waals surface area (Å²) in [6.45, 7) is 2.94. The third kappa shape index (κ3) is 4.16. The Morgan fingerprint density at radius 1 is 1.53 bits per heavy atom. The van der Waals surface area contributed by atoms with Gasteiger partial charge in [-0.25, -0.2) is 0 Å². The number of rotatable bonds is 6. The van der Waals surface area contributed by atoms with Crippen LogP contribution in [0, 0.1) is 0 Å². The number of nitrogens with zero attached hydrogens (tertiary/aromatic N) is 2. The summed E-state index contributed by atoms with van der Waals surface area (Å²) >= 11 is 0. The predicted molar refractivity (Wildman–Crippen MR) is 74.1 cm³/mol. The maximum Gasteiger partial charge on any atom is 0.138 e. The number of Topliss-reactive ketones (excluding diaryl/α,β-unsaturated/α-hetero) is 1. The molecule has 0 aromatic carbocycles. The van der Waals surface area contributed by atoms with Crippen LogP contribution in [0.25, 0.3) is 0 Å². The first kappa shape index (κ1) is 14.3. The van der Waals surface area contributed by atoms with Gasteiger partial charge in [0, 0.05) is 32.2 Å². The third-order valence-electron chi connectivity index (χ3n) is 3.79. The largest absolute Gasteiger partial charge is 0.378 e. The molecule has 0 aliphatic carbocycles. The van der Waals surface area contributed by atoms with Crippen molar-refractivity contribution in [2.75, 3.05) is 6.61 Å². The highest BCUT2D eigenvalue weighted by molar-refractivity contribution is 5.80. The number of aryl methyl sites for hydroxylation is 2. The van der Waals surface area contributed by atoms with E-state index in [0.29, 0.717) is 24.7 Å². The Balaban J connectivity index is 1.78. The van der Waals surface area contributed by atoms with Crippen molar-refractivity contribution < 1.29 is 9.53 Å². The molecule has 1 atom stereocenters.